The molecule has 1 aromatic rings. The highest BCUT2D eigenvalue weighted by molar-refractivity contribution is 5.82. The molecule has 2 aliphatic rings. The lowest BCUT2D eigenvalue weighted by Gasteiger charge is -2.57. The fourth-order valence-electron chi connectivity index (χ4n) is 7.58. The highest BCUT2D eigenvalue weighted by Gasteiger charge is 2.56. The fourth-order valence-corrected chi connectivity index (χ4v) is 7.58. The first-order valence-electron chi connectivity index (χ1n) is 14.5. The largest absolute Gasteiger partial charge is 0.468 e. The molecule has 0 saturated carbocycles. The molecule has 0 amide bonds. The van der Waals surface area contributed by atoms with Crippen molar-refractivity contribution in [1.82, 2.24) is 20.4 Å². The van der Waals surface area contributed by atoms with Crippen LogP contribution in [0.3, 0.4) is 0 Å². The first-order valence-corrected chi connectivity index (χ1v) is 14.5. The van der Waals surface area contributed by atoms with Gasteiger partial charge in [0.25, 0.3) is 0 Å². The van der Waals surface area contributed by atoms with Crippen LogP contribution in [0, 0.1) is 0 Å². The minimum atomic E-state index is -0.769. The summed E-state index contributed by atoms with van der Waals surface area (Å²) >= 11 is 0. The number of likely N-dealkylation sites (tertiary alicyclic amines) is 2. The topological polar surface area (TPSA) is 83.1 Å². The molecule has 0 aliphatic carbocycles. The number of carbonyl (C=O) groups excluding carboxylic acids is 2. The van der Waals surface area contributed by atoms with Crippen LogP contribution >= 0.6 is 0 Å². The first-order chi connectivity index (χ1) is 18.3. The zero-order valence-corrected chi connectivity index (χ0v) is 27.1. The minimum absolute atomic E-state index is 0.175. The Hall–Kier alpha value is -2.00. The van der Waals surface area contributed by atoms with E-state index in [4.69, 9.17) is 9.47 Å². The van der Waals surface area contributed by atoms with Gasteiger partial charge >= 0.3 is 11.9 Å². The van der Waals surface area contributed by atoms with E-state index in [1.807, 2.05) is 0 Å². The van der Waals surface area contributed by atoms with Crippen LogP contribution in [0.2, 0.25) is 0 Å². The lowest BCUT2D eigenvalue weighted by molar-refractivity contribution is -0.159. The summed E-state index contributed by atoms with van der Waals surface area (Å²) in [7, 11) is 7.21. The summed E-state index contributed by atoms with van der Waals surface area (Å²) in [5.41, 5.74) is -0.0619. The molecule has 226 valence electrons. The maximum Gasteiger partial charge on any atom is 0.326 e. The normalized spacial score (nSPS) is 24.7. The van der Waals surface area contributed by atoms with Crippen molar-refractivity contribution in [2.24, 2.45) is 0 Å². The number of methoxy groups -OCH3 is 2. The smallest absolute Gasteiger partial charge is 0.326 e. The Bertz CT molecular complexity index is 956. The number of hydrogen-bond donors (Lipinski definition) is 2. The summed E-state index contributed by atoms with van der Waals surface area (Å²) < 4.78 is 10.6. The number of piperidine rings is 2. The number of nitrogens with one attached hydrogen (secondary N) is 2. The maximum absolute atomic E-state index is 13.2. The molecule has 0 radical (unpaired) electrons. The third-order valence-corrected chi connectivity index (χ3v) is 10.0. The monoisotopic (exact) mass is 558 g/mol. The van der Waals surface area contributed by atoms with Crippen molar-refractivity contribution in [1.29, 1.82) is 0 Å². The van der Waals surface area contributed by atoms with E-state index in [2.05, 4.69) is 114 Å². The van der Waals surface area contributed by atoms with Gasteiger partial charge in [-0.15, -0.1) is 0 Å². The zero-order chi connectivity index (χ0) is 30.4. The average molecular weight is 559 g/mol. The van der Waals surface area contributed by atoms with Crippen molar-refractivity contribution in [2.75, 3.05) is 28.3 Å². The highest BCUT2D eigenvalue weighted by atomic mass is 16.5. The molecule has 40 heavy (non-hydrogen) atoms. The minimum Gasteiger partial charge on any atom is -0.468 e. The van der Waals surface area contributed by atoms with Crippen molar-refractivity contribution in [3.8, 4) is 0 Å². The van der Waals surface area contributed by atoms with E-state index in [1.165, 1.54) is 14.2 Å². The number of carbonyl (C=O) groups is 2. The van der Waals surface area contributed by atoms with Crippen LogP contribution in [0.1, 0.15) is 92.2 Å². The molecule has 8 heteroatoms. The second-order valence-electron chi connectivity index (χ2n) is 14.7. The van der Waals surface area contributed by atoms with Gasteiger partial charge in [0.1, 0.15) is 11.1 Å². The first kappa shape index (κ1) is 32.5. The lowest BCUT2D eigenvalue weighted by Crippen LogP contribution is -2.70. The highest BCUT2D eigenvalue weighted by Crippen LogP contribution is 2.44. The maximum atomic E-state index is 13.2. The molecule has 0 bridgehead atoms. The van der Waals surface area contributed by atoms with E-state index in [0.717, 1.165) is 11.1 Å². The summed E-state index contributed by atoms with van der Waals surface area (Å²) in [5.74, 6) is -0.417. The van der Waals surface area contributed by atoms with Gasteiger partial charge in [0, 0.05) is 35.2 Å². The third kappa shape index (κ3) is 6.25. The molecule has 0 spiro atoms. The predicted molar refractivity (Wildman–Crippen MR) is 160 cm³/mol. The Morgan fingerprint density at radius 1 is 0.625 bits per heavy atom. The summed E-state index contributed by atoms with van der Waals surface area (Å²) in [5, 5.41) is 7.21. The molecule has 2 aliphatic heterocycles. The molecule has 2 fully saturated rings. The molecule has 3 rings (SSSR count). The van der Waals surface area contributed by atoms with Crippen molar-refractivity contribution in [3.63, 3.8) is 0 Å². The van der Waals surface area contributed by atoms with Crippen molar-refractivity contribution < 1.29 is 19.1 Å². The Morgan fingerprint density at radius 2 is 0.875 bits per heavy atom. The third-order valence-electron chi connectivity index (χ3n) is 10.0. The van der Waals surface area contributed by atoms with Crippen LogP contribution in [0.5, 0.6) is 0 Å². The quantitative estimate of drug-likeness (QED) is 0.458. The van der Waals surface area contributed by atoms with Crippen molar-refractivity contribution in [2.45, 2.75) is 127 Å². The van der Waals surface area contributed by atoms with Gasteiger partial charge in [-0.25, -0.2) is 0 Å². The summed E-state index contributed by atoms with van der Waals surface area (Å²) in [6.45, 7) is 18.6. The number of benzene rings is 1. The number of nitrogens with zero attached hydrogens (tertiary/aromatic N) is 2. The molecule has 2 saturated heterocycles. The lowest BCUT2D eigenvalue weighted by atomic mass is 9.69. The summed E-state index contributed by atoms with van der Waals surface area (Å²) in [4.78, 5) is 31.0. The van der Waals surface area contributed by atoms with Crippen LogP contribution in [0.4, 0.5) is 0 Å². The van der Waals surface area contributed by atoms with E-state index in [-0.39, 0.29) is 34.1 Å². The molecular weight excluding hydrogens is 504 g/mol. The summed E-state index contributed by atoms with van der Waals surface area (Å²) in [6.07, 6.45) is 2.64. The summed E-state index contributed by atoms with van der Waals surface area (Å²) in [6, 6.07) is 8.36. The number of ether oxygens (including phenoxy) is 2. The van der Waals surface area contributed by atoms with Gasteiger partial charge in [-0.3, -0.25) is 30.0 Å². The van der Waals surface area contributed by atoms with E-state index in [1.54, 1.807) is 0 Å². The van der Waals surface area contributed by atoms with Crippen LogP contribution in [0.25, 0.3) is 0 Å². The van der Waals surface area contributed by atoms with E-state index < -0.39 is 11.1 Å². The average Bonchev–Trinajstić information content (AvgIpc) is 2.86. The molecule has 8 nitrogen and oxygen atoms in total. The van der Waals surface area contributed by atoms with Crippen LogP contribution in [-0.2, 0) is 32.2 Å². The molecule has 2 N–H and O–H groups in total. The Labute approximate surface area is 242 Å². The van der Waals surface area contributed by atoms with Crippen molar-refractivity contribution in [3.05, 3.63) is 35.4 Å². The van der Waals surface area contributed by atoms with E-state index in [9.17, 15) is 9.59 Å². The zero-order valence-electron chi connectivity index (χ0n) is 27.1. The molecule has 0 atom stereocenters. The second kappa shape index (κ2) is 11.0. The standard InChI is InChI=1S/C32H54N4O4/c1-27(2)19-31(25(37)39-11,20-28(3,4)35(27)9)33-17-23-13-15-24(16-14-23)18-34-32(26(38)40-12)21-29(5,6)36(10)30(7,8)22-32/h13-16,33-34H,17-22H2,1-12H3. The number of hydrogen-bond acceptors (Lipinski definition) is 8. The number of rotatable bonds is 8. The van der Waals surface area contributed by atoms with Gasteiger partial charge in [-0.2, -0.15) is 0 Å². The Balaban J connectivity index is 1.75. The van der Waals surface area contributed by atoms with Gasteiger partial charge in [-0.1, -0.05) is 24.3 Å². The van der Waals surface area contributed by atoms with Crippen LogP contribution in [-0.4, -0.2) is 83.3 Å². The van der Waals surface area contributed by atoms with Gasteiger partial charge < -0.3 is 9.47 Å². The molecule has 2 heterocycles. The van der Waals surface area contributed by atoms with Crippen LogP contribution < -0.4 is 10.6 Å². The van der Waals surface area contributed by atoms with Gasteiger partial charge in [-0.05, 0) is 106 Å². The predicted octanol–water partition coefficient (Wildman–Crippen LogP) is 4.26. The fraction of sp³-hybridized carbons (Fsp3) is 0.750. The molecule has 1 aromatic carbocycles. The van der Waals surface area contributed by atoms with Crippen molar-refractivity contribution >= 4 is 11.9 Å². The second-order valence-corrected chi connectivity index (χ2v) is 14.7. The van der Waals surface area contributed by atoms with Gasteiger partial charge in [0.2, 0.25) is 0 Å². The SMILES string of the molecule is COC(=O)C1(NCc2ccc(CNC3(C(=O)OC)CC(C)(C)N(C)C(C)(C)C3)cc2)CC(C)(C)N(C)C(C)(C)C1. The Morgan fingerprint density at radius 3 is 1.10 bits per heavy atom. The number of esters is 2. The van der Waals surface area contributed by atoms with Crippen LogP contribution in [0.15, 0.2) is 24.3 Å². The Kier molecular flexibility index (Phi) is 8.95. The van der Waals surface area contributed by atoms with E-state index >= 15 is 0 Å². The van der Waals surface area contributed by atoms with Gasteiger partial charge in [0.05, 0.1) is 14.2 Å². The molecular formula is C32H54N4O4. The molecule has 0 aromatic heterocycles. The van der Waals surface area contributed by atoms with Gasteiger partial charge in [0.15, 0.2) is 0 Å². The van der Waals surface area contributed by atoms with E-state index in [0.29, 0.717) is 38.8 Å². The molecule has 0 unspecified atom stereocenters.